The average Bonchev–Trinajstić information content (AvgIpc) is 2.97. The van der Waals surface area contributed by atoms with Gasteiger partial charge in [-0.1, -0.05) is 6.42 Å². The molecular weight excluding hydrogens is 348 g/mol. The fourth-order valence-corrected chi connectivity index (χ4v) is 4.77. The van der Waals surface area contributed by atoms with Gasteiger partial charge in [0.15, 0.2) is 0 Å². The zero-order valence-corrected chi connectivity index (χ0v) is 16.3. The van der Waals surface area contributed by atoms with Crippen molar-refractivity contribution in [1.82, 2.24) is 9.78 Å². The first-order valence-corrected chi connectivity index (χ1v) is 9.56. The molecule has 0 saturated heterocycles. The molecule has 2 saturated carbocycles. The summed E-state index contributed by atoms with van der Waals surface area (Å²) < 4.78 is 2.00. The summed E-state index contributed by atoms with van der Waals surface area (Å²) in [6.07, 6.45) is 7.39. The Morgan fingerprint density at radius 3 is 2.62 bits per heavy atom. The molecule has 4 rings (SSSR count). The Morgan fingerprint density at radius 2 is 1.96 bits per heavy atom. The zero-order chi connectivity index (χ0) is 17.6. The van der Waals surface area contributed by atoms with Crippen LogP contribution in [-0.4, -0.2) is 21.7 Å². The lowest BCUT2D eigenvalue weighted by atomic mass is 9.65. The molecule has 0 spiro atoms. The highest BCUT2D eigenvalue weighted by Crippen LogP contribution is 2.42. The van der Waals surface area contributed by atoms with Crippen LogP contribution in [0.25, 0.3) is 10.9 Å². The third-order valence-corrected chi connectivity index (χ3v) is 6.14. The summed E-state index contributed by atoms with van der Waals surface area (Å²) in [5, 5.41) is 8.69. The number of amides is 1. The van der Waals surface area contributed by atoms with E-state index in [4.69, 9.17) is 5.73 Å². The first-order chi connectivity index (χ1) is 12.0. The lowest BCUT2D eigenvalue weighted by Gasteiger charge is -2.43. The number of fused-ring (bicyclic) bond motifs is 3. The number of carbonyl (C=O) groups excluding carboxylic acids is 1. The lowest BCUT2D eigenvalue weighted by Crippen LogP contribution is -2.48. The van der Waals surface area contributed by atoms with Crippen LogP contribution in [0.15, 0.2) is 24.4 Å². The highest BCUT2D eigenvalue weighted by Gasteiger charge is 2.40. The lowest BCUT2D eigenvalue weighted by molar-refractivity contribution is -0.122. The SMILES string of the molecule is CC(C)n1ncc2ccc(NC(=O)C3CC4CCCC(C3)C4N)cc21.Cl. The van der Waals surface area contributed by atoms with Gasteiger partial charge in [-0.05, 0) is 69.6 Å². The van der Waals surface area contributed by atoms with E-state index in [1.54, 1.807) is 0 Å². The monoisotopic (exact) mass is 376 g/mol. The van der Waals surface area contributed by atoms with Crippen molar-refractivity contribution in [2.24, 2.45) is 23.5 Å². The number of hydrogen-bond donors (Lipinski definition) is 2. The summed E-state index contributed by atoms with van der Waals surface area (Å²) in [6, 6.07) is 6.64. The summed E-state index contributed by atoms with van der Waals surface area (Å²) in [5.41, 5.74) is 8.28. The topological polar surface area (TPSA) is 72.9 Å². The maximum absolute atomic E-state index is 12.8. The number of nitrogens with zero attached hydrogens (tertiary/aromatic N) is 2. The summed E-state index contributed by atoms with van der Waals surface area (Å²) in [4.78, 5) is 12.8. The molecule has 2 aliphatic carbocycles. The highest BCUT2D eigenvalue weighted by atomic mass is 35.5. The van der Waals surface area contributed by atoms with Gasteiger partial charge in [-0.25, -0.2) is 0 Å². The van der Waals surface area contributed by atoms with Crippen LogP contribution in [-0.2, 0) is 4.79 Å². The van der Waals surface area contributed by atoms with Crippen LogP contribution in [0.2, 0.25) is 0 Å². The number of nitrogens with one attached hydrogen (secondary N) is 1. The summed E-state index contributed by atoms with van der Waals surface area (Å²) >= 11 is 0. The van der Waals surface area contributed by atoms with Gasteiger partial charge in [0, 0.05) is 29.1 Å². The van der Waals surface area contributed by atoms with E-state index in [1.165, 1.54) is 19.3 Å². The first-order valence-electron chi connectivity index (χ1n) is 9.56. The molecule has 142 valence electrons. The van der Waals surface area contributed by atoms with E-state index in [9.17, 15) is 4.79 Å². The molecule has 1 amide bonds. The van der Waals surface area contributed by atoms with Gasteiger partial charge in [0.1, 0.15) is 0 Å². The van der Waals surface area contributed by atoms with E-state index >= 15 is 0 Å². The number of nitrogens with two attached hydrogens (primary N) is 1. The summed E-state index contributed by atoms with van der Waals surface area (Å²) in [5.74, 6) is 1.29. The maximum atomic E-state index is 12.8. The molecule has 1 aromatic heterocycles. The van der Waals surface area contributed by atoms with Crippen LogP contribution in [0.3, 0.4) is 0 Å². The number of aromatic nitrogens is 2. The van der Waals surface area contributed by atoms with Crippen molar-refractivity contribution in [3.63, 3.8) is 0 Å². The van der Waals surface area contributed by atoms with E-state index < -0.39 is 0 Å². The van der Waals surface area contributed by atoms with E-state index in [-0.39, 0.29) is 24.2 Å². The minimum Gasteiger partial charge on any atom is -0.327 e. The predicted octanol–water partition coefficient (Wildman–Crippen LogP) is 4.13. The Morgan fingerprint density at radius 1 is 1.27 bits per heavy atom. The molecule has 5 nitrogen and oxygen atoms in total. The second-order valence-corrected chi connectivity index (χ2v) is 8.14. The number of benzene rings is 1. The maximum Gasteiger partial charge on any atom is 0.227 e. The summed E-state index contributed by atoms with van der Waals surface area (Å²) in [6.45, 7) is 4.23. The van der Waals surface area contributed by atoms with Crippen molar-refractivity contribution in [2.45, 2.75) is 58.0 Å². The molecule has 1 aromatic carbocycles. The van der Waals surface area contributed by atoms with E-state index in [2.05, 4.69) is 24.3 Å². The van der Waals surface area contributed by atoms with E-state index in [0.29, 0.717) is 23.9 Å². The van der Waals surface area contributed by atoms with Crippen molar-refractivity contribution in [2.75, 3.05) is 5.32 Å². The number of rotatable bonds is 3. The van der Waals surface area contributed by atoms with Crippen LogP contribution in [0.1, 0.15) is 52.0 Å². The fraction of sp³-hybridized carbons (Fsp3) is 0.600. The molecular formula is C20H29ClN4O. The van der Waals surface area contributed by atoms with Gasteiger partial charge >= 0.3 is 0 Å². The molecule has 2 bridgehead atoms. The fourth-order valence-electron chi connectivity index (χ4n) is 4.77. The number of halogens is 1. The van der Waals surface area contributed by atoms with Crippen LogP contribution in [0, 0.1) is 17.8 Å². The third kappa shape index (κ3) is 3.47. The molecule has 3 N–H and O–H groups in total. The Hall–Kier alpha value is -1.59. The molecule has 26 heavy (non-hydrogen) atoms. The molecule has 2 unspecified atom stereocenters. The standard InChI is InChI=1S/C20H28N4O.ClH/c1-12(2)24-18-10-17(7-6-15(18)11-22-24)23-20(25)16-8-13-4-3-5-14(9-16)19(13)21;/h6-7,10-14,16,19H,3-5,8-9,21H2,1-2H3,(H,23,25);1H. The predicted molar refractivity (Wildman–Crippen MR) is 108 cm³/mol. The van der Waals surface area contributed by atoms with Gasteiger partial charge in [0.2, 0.25) is 5.91 Å². The minimum absolute atomic E-state index is 0. The highest BCUT2D eigenvalue weighted by molar-refractivity contribution is 5.95. The van der Waals surface area contributed by atoms with Gasteiger partial charge in [0.25, 0.3) is 0 Å². The van der Waals surface area contributed by atoms with Crippen molar-refractivity contribution in [1.29, 1.82) is 0 Å². The Labute approximate surface area is 161 Å². The molecule has 2 aliphatic rings. The van der Waals surface area contributed by atoms with Gasteiger partial charge < -0.3 is 11.1 Å². The van der Waals surface area contributed by atoms with Gasteiger partial charge in [-0.3, -0.25) is 9.48 Å². The Kier molecular flexibility index (Phi) is 5.58. The van der Waals surface area contributed by atoms with Crippen molar-refractivity contribution >= 4 is 34.9 Å². The van der Waals surface area contributed by atoms with Crippen molar-refractivity contribution in [3.05, 3.63) is 24.4 Å². The van der Waals surface area contributed by atoms with Gasteiger partial charge in [0.05, 0.1) is 11.7 Å². The molecule has 2 fully saturated rings. The van der Waals surface area contributed by atoms with Crippen LogP contribution >= 0.6 is 12.4 Å². The zero-order valence-electron chi connectivity index (χ0n) is 15.5. The number of anilines is 1. The minimum atomic E-state index is 0. The first kappa shape index (κ1) is 19.2. The number of carbonyl (C=O) groups is 1. The second-order valence-electron chi connectivity index (χ2n) is 8.14. The molecule has 1 heterocycles. The van der Waals surface area contributed by atoms with Crippen LogP contribution < -0.4 is 11.1 Å². The normalized spacial score (nSPS) is 28.0. The largest absolute Gasteiger partial charge is 0.327 e. The molecule has 6 heteroatoms. The number of hydrogen-bond acceptors (Lipinski definition) is 3. The van der Waals surface area contributed by atoms with Gasteiger partial charge in [-0.15, -0.1) is 12.4 Å². The second kappa shape index (κ2) is 7.57. The quantitative estimate of drug-likeness (QED) is 0.845. The van der Waals surface area contributed by atoms with Crippen LogP contribution in [0.5, 0.6) is 0 Å². The molecule has 0 radical (unpaired) electrons. The van der Waals surface area contributed by atoms with Crippen molar-refractivity contribution < 1.29 is 4.79 Å². The third-order valence-electron chi connectivity index (χ3n) is 6.14. The Balaban J connectivity index is 0.00000196. The van der Waals surface area contributed by atoms with Crippen LogP contribution in [0.4, 0.5) is 5.69 Å². The molecule has 2 atom stereocenters. The molecule has 0 aliphatic heterocycles. The summed E-state index contributed by atoms with van der Waals surface area (Å²) in [7, 11) is 0. The molecule has 2 aromatic rings. The van der Waals surface area contributed by atoms with Gasteiger partial charge in [-0.2, -0.15) is 5.10 Å². The van der Waals surface area contributed by atoms with E-state index in [0.717, 1.165) is 29.4 Å². The Bertz CT molecular complexity index is 773. The average molecular weight is 377 g/mol. The van der Waals surface area contributed by atoms with Crippen molar-refractivity contribution in [3.8, 4) is 0 Å². The smallest absolute Gasteiger partial charge is 0.227 e. The van der Waals surface area contributed by atoms with E-state index in [1.807, 2.05) is 29.1 Å².